The van der Waals surface area contributed by atoms with Gasteiger partial charge in [-0.1, -0.05) is 23.5 Å². The van der Waals surface area contributed by atoms with Crippen molar-refractivity contribution in [1.29, 1.82) is 0 Å². The number of thiazole rings is 1. The van der Waals surface area contributed by atoms with Gasteiger partial charge < -0.3 is 9.47 Å². The third-order valence-corrected chi connectivity index (χ3v) is 6.00. The quantitative estimate of drug-likeness (QED) is 0.550. The molecule has 30 heavy (non-hydrogen) atoms. The summed E-state index contributed by atoms with van der Waals surface area (Å²) < 4.78 is 13.4. The molecule has 0 N–H and O–H groups in total. The number of carbonyl (C=O) groups excluding carboxylic acids is 1. The lowest BCUT2D eigenvalue weighted by Gasteiger charge is -2.27. The minimum absolute atomic E-state index is 0. The number of anilines is 1. The number of halogens is 1. The van der Waals surface area contributed by atoms with E-state index in [1.807, 2.05) is 24.3 Å². The molecule has 8 nitrogen and oxygen atoms in total. The Bertz CT molecular complexity index is 953. The van der Waals surface area contributed by atoms with E-state index >= 15 is 0 Å². The highest BCUT2D eigenvalue weighted by Gasteiger charge is 2.26. The lowest BCUT2D eigenvalue weighted by molar-refractivity contribution is 0.0376. The Kier molecular flexibility index (Phi) is 7.65. The molecule has 1 aliphatic heterocycles. The number of ether oxygens (including phenoxy) is 2. The van der Waals surface area contributed by atoms with E-state index in [1.165, 1.54) is 18.4 Å². The molecule has 1 fully saturated rings. The Morgan fingerprint density at radius 2 is 2.07 bits per heavy atom. The number of nitrogens with zero attached hydrogens (tertiary/aromatic N) is 5. The number of hydrogen-bond acceptors (Lipinski definition) is 7. The molecule has 0 radical (unpaired) electrons. The van der Waals surface area contributed by atoms with Gasteiger partial charge in [0.25, 0.3) is 5.91 Å². The van der Waals surface area contributed by atoms with Crippen LogP contribution < -0.4 is 9.64 Å². The summed E-state index contributed by atoms with van der Waals surface area (Å²) >= 11 is 1.53. The molecular weight excluding hydrogens is 426 g/mol. The van der Waals surface area contributed by atoms with Gasteiger partial charge in [-0.3, -0.25) is 19.3 Å². The van der Waals surface area contributed by atoms with Crippen LogP contribution in [-0.4, -0.2) is 72.1 Å². The minimum atomic E-state index is -0.143. The van der Waals surface area contributed by atoms with Gasteiger partial charge in [-0.15, -0.1) is 17.5 Å². The van der Waals surface area contributed by atoms with Crippen LogP contribution in [0.2, 0.25) is 0 Å². The van der Waals surface area contributed by atoms with Crippen LogP contribution in [0.3, 0.4) is 0 Å². The fourth-order valence-corrected chi connectivity index (χ4v) is 4.44. The van der Waals surface area contributed by atoms with Crippen molar-refractivity contribution in [3.8, 4) is 5.88 Å². The van der Waals surface area contributed by atoms with Crippen LogP contribution in [0.4, 0.5) is 5.13 Å². The number of carbonyl (C=O) groups is 1. The molecule has 0 spiro atoms. The van der Waals surface area contributed by atoms with Crippen molar-refractivity contribution in [2.45, 2.75) is 6.42 Å². The van der Waals surface area contributed by atoms with E-state index in [2.05, 4.69) is 10.00 Å². The van der Waals surface area contributed by atoms with E-state index in [1.54, 1.807) is 22.8 Å². The maximum Gasteiger partial charge on any atom is 0.267 e. The maximum absolute atomic E-state index is 13.4. The molecule has 0 saturated carbocycles. The molecule has 2 aromatic heterocycles. The highest BCUT2D eigenvalue weighted by Crippen LogP contribution is 2.30. The van der Waals surface area contributed by atoms with Gasteiger partial charge in [0.2, 0.25) is 5.88 Å². The summed E-state index contributed by atoms with van der Waals surface area (Å²) in [6, 6.07) is 7.94. The van der Waals surface area contributed by atoms with Crippen molar-refractivity contribution in [2.75, 3.05) is 51.4 Å². The first-order valence-corrected chi connectivity index (χ1v) is 10.5. The van der Waals surface area contributed by atoms with E-state index in [0.29, 0.717) is 23.1 Å². The molecule has 1 amide bonds. The van der Waals surface area contributed by atoms with Gasteiger partial charge in [0.05, 0.1) is 30.5 Å². The predicted molar refractivity (Wildman–Crippen MR) is 120 cm³/mol. The largest absolute Gasteiger partial charge is 0.479 e. The van der Waals surface area contributed by atoms with Gasteiger partial charge in [-0.05, 0) is 18.6 Å². The molecule has 1 saturated heterocycles. The van der Waals surface area contributed by atoms with Gasteiger partial charge in [-0.25, -0.2) is 4.98 Å². The SMILES string of the molecule is COc1nn(C)cc1C(=O)N(CCCN1CCOCC1)c1nc2ccccc2s1.Cl. The molecular formula is C20H26ClN5O3S. The number of para-hydroxylation sites is 1. The summed E-state index contributed by atoms with van der Waals surface area (Å²) in [5, 5.41) is 4.93. The van der Waals surface area contributed by atoms with Crippen molar-refractivity contribution < 1.29 is 14.3 Å². The minimum Gasteiger partial charge on any atom is -0.479 e. The van der Waals surface area contributed by atoms with Crippen LogP contribution in [0.1, 0.15) is 16.8 Å². The third-order valence-electron chi connectivity index (χ3n) is 4.94. The van der Waals surface area contributed by atoms with Crippen LogP contribution in [-0.2, 0) is 11.8 Å². The molecule has 10 heteroatoms. The normalized spacial score (nSPS) is 14.5. The Balaban J connectivity index is 0.00000256. The van der Waals surface area contributed by atoms with Crippen molar-refractivity contribution in [3.63, 3.8) is 0 Å². The van der Waals surface area contributed by atoms with E-state index in [4.69, 9.17) is 14.5 Å². The first-order valence-electron chi connectivity index (χ1n) is 9.71. The molecule has 162 valence electrons. The number of hydrogen-bond donors (Lipinski definition) is 0. The number of fused-ring (bicyclic) bond motifs is 1. The molecule has 4 rings (SSSR count). The number of morpholine rings is 1. The number of amides is 1. The summed E-state index contributed by atoms with van der Waals surface area (Å²) in [7, 11) is 3.30. The highest BCUT2D eigenvalue weighted by atomic mass is 35.5. The highest BCUT2D eigenvalue weighted by molar-refractivity contribution is 7.22. The molecule has 0 bridgehead atoms. The number of rotatable bonds is 7. The fraction of sp³-hybridized carbons (Fsp3) is 0.450. The number of benzene rings is 1. The van der Waals surface area contributed by atoms with Gasteiger partial charge in [-0.2, -0.15) is 0 Å². The third kappa shape index (κ3) is 4.92. The fourth-order valence-electron chi connectivity index (χ4n) is 3.45. The molecule has 0 aliphatic carbocycles. The van der Waals surface area contributed by atoms with Gasteiger partial charge >= 0.3 is 0 Å². The molecule has 1 aliphatic rings. The van der Waals surface area contributed by atoms with Crippen LogP contribution >= 0.6 is 23.7 Å². The Morgan fingerprint density at radius 3 is 2.80 bits per heavy atom. The van der Waals surface area contributed by atoms with Gasteiger partial charge in [0.1, 0.15) is 5.56 Å². The van der Waals surface area contributed by atoms with Crippen LogP contribution in [0, 0.1) is 0 Å². The standard InChI is InChI=1S/C20H25N5O3S.ClH/c1-23-14-15(18(22-23)27-2)19(26)25(9-5-8-24-10-12-28-13-11-24)20-21-16-6-3-4-7-17(16)29-20;/h3-4,6-7,14H,5,8-13H2,1-2H3;1H. The second-order valence-corrected chi connectivity index (χ2v) is 7.96. The van der Waals surface area contributed by atoms with Crippen LogP contribution in [0.15, 0.2) is 30.5 Å². The summed E-state index contributed by atoms with van der Waals surface area (Å²) in [4.78, 5) is 22.3. The monoisotopic (exact) mass is 451 g/mol. The topological polar surface area (TPSA) is 72.7 Å². The molecule has 1 aromatic carbocycles. The summed E-state index contributed by atoms with van der Waals surface area (Å²) in [5.41, 5.74) is 1.34. The van der Waals surface area contributed by atoms with E-state index in [0.717, 1.165) is 49.5 Å². The van der Waals surface area contributed by atoms with Crippen LogP contribution in [0.5, 0.6) is 5.88 Å². The summed E-state index contributed by atoms with van der Waals surface area (Å²) in [6.45, 7) is 4.91. The molecule has 3 heterocycles. The Hall–Kier alpha value is -2.20. The zero-order valence-corrected chi connectivity index (χ0v) is 18.7. The maximum atomic E-state index is 13.4. The second kappa shape index (κ2) is 10.2. The lowest BCUT2D eigenvalue weighted by atomic mass is 10.2. The van der Waals surface area contributed by atoms with Gasteiger partial charge in [0, 0.05) is 39.4 Å². The molecule has 0 unspecified atom stereocenters. The summed E-state index contributed by atoms with van der Waals surface area (Å²) in [5.74, 6) is 0.188. The first-order chi connectivity index (χ1) is 14.2. The smallest absolute Gasteiger partial charge is 0.267 e. The van der Waals surface area contributed by atoms with E-state index < -0.39 is 0 Å². The number of aryl methyl sites for hydroxylation is 1. The van der Waals surface area contributed by atoms with Crippen molar-refractivity contribution in [2.24, 2.45) is 7.05 Å². The number of methoxy groups -OCH3 is 1. The van der Waals surface area contributed by atoms with Crippen molar-refractivity contribution >= 4 is 45.0 Å². The zero-order chi connectivity index (χ0) is 20.2. The first kappa shape index (κ1) is 22.5. The average Bonchev–Trinajstić information content (AvgIpc) is 3.34. The Morgan fingerprint density at radius 1 is 1.30 bits per heavy atom. The molecule has 0 atom stereocenters. The predicted octanol–water partition coefficient (Wildman–Crippen LogP) is 2.83. The zero-order valence-electron chi connectivity index (χ0n) is 17.1. The second-order valence-electron chi connectivity index (χ2n) is 6.95. The molecule has 3 aromatic rings. The van der Waals surface area contributed by atoms with Crippen molar-refractivity contribution in [3.05, 3.63) is 36.0 Å². The lowest BCUT2D eigenvalue weighted by Crippen LogP contribution is -2.39. The van der Waals surface area contributed by atoms with Crippen molar-refractivity contribution in [1.82, 2.24) is 19.7 Å². The number of aromatic nitrogens is 3. The van der Waals surface area contributed by atoms with Crippen LogP contribution in [0.25, 0.3) is 10.2 Å². The van der Waals surface area contributed by atoms with E-state index in [-0.39, 0.29) is 18.3 Å². The Labute approximate surface area is 185 Å². The van der Waals surface area contributed by atoms with E-state index in [9.17, 15) is 4.79 Å². The average molecular weight is 452 g/mol. The van der Waals surface area contributed by atoms with Gasteiger partial charge in [0.15, 0.2) is 5.13 Å². The summed E-state index contributed by atoms with van der Waals surface area (Å²) in [6.07, 6.45) is 2.55.